The van der Waals surface area contributed by atoms with E-state index < -0.39 is 0 Å². The average Bonchev–Trinajstić information content (AvgIpc) is 3.38. The highest BCUT2D eigenvalue weighted by atomic mass is 16.5. The van der Waals surface area contributed by atoms with Crippen LogP contribution in [0, 0.1) is 11.8 Å². The van der Waals surface area contributed by atoms with Crippen LogP contribution < -0.4 is 9.64 Å². The molecule has 2 aromatic carbocycles. The van der Waals surface area contributed by atoms with Crippen molar-refractivity contribution in [1.29, 1.82) is 0 Å². The molecule has 1 unspecified atom stereocenters. The molecular weight excluding hydrogens is 354 g/mol. The molecule has 1 saturated heterocycles. The number of nitrogens with zero attached hydrogens (tertiary/aromatic N) is 2. The average molecular weight is 377 g/mol. The molecule has 0 saturated carbocycles. The molecule has 6 nitrogen and oxygen atoms in total. The number of rotatable bonds is 6. The second kappa shape index (κ2) is 7.86. The van der Waals surface area contributed by atoms with E-state index in [2.05, 4.69) is 10.2 Å². The van der Waals surface area contributed by atoms with Crippen LogP contribution in [0.5, 0.6) is 5.75 Å². The Balaban J connectivity index is 1.54. The molecule has 1 fully saturated rings. The van der Waals surface area contributed by atoms with Gasteiger partial charge in [0, 0.05) is 42.4 Å². The summed E-state index contributed by atoms with van der Waals surface area (Å²) < 4.78 is 5.28. The maximum Gasteiger partial charge on any atom is 0.230 e. The summed E-state index contributed by atoms with van der Waals surface area (Å²) in [6.07, 6.45) is 4.19. The van der Waals surface area contributed by atoms with Crippen LogP contribution in [0.15, 0.2) is 60.9 Å². The molecule has 144 valence electrons. The Morgan fingerprint density at radius 3 is 2.71 bits per heavy atom. The number of ether oxygens (including phenoxy) is 1. The molecule has 3 aromatic rings. The Kier molecular flexibility index (Phi) is 5.12. The molecule has 2 atom stereocenters. The van der Waals surface area contributed by atoms with Crippen LogP contribution in [0.25, 0.3) is 11.1 Å². The summed E-state index contributed by atoms with van der Waals surface area (Å²) >= 11 is 0. The molecule has 2 heterocycles. The first-order chi connectivity index (χ1) is 13.7. The Hall–Kier alpha value is -3.12. The molecule has 0 bridgehead atoms. The molecule has 0 radical (unpaired) electrons. The van der Waals surface area contributed by atoms with E-state index in [1.165, 1.54) is 0 Å². The number of aliphatic hydroxyl groups excluding tert-OH is 1. The zero-order chi connectivity index (χ0) is 19.5. The SMILES string of the molecule is COc1cccc(CC2C(=O)N(c3ccc(-c4cn[nH]c4)cc3)C[C@H]2CO)c1. The maximum atomic E-state index is 13.1. The van der Waals surface area contributed by atoms with Gasteiger partial charge in [-0.25, -0.2) is 0 Å². The van der Waals surface area contributed by atoms with Gasteiger partial charge >= 0.3 is 0 Å². The summed E-state index contributed by atoms with van der Waals surface area (Å²) in [6.45, 7) is 0.513. The lowest BCUT2D eigenvalue weighted by Gasteiger charge is -2.17. The number of anilines is 1. The second-order valence-electron chi connectivity index (χ2n) is 7.09. The van der Waals surface area contributed by atoms with Crippen LogP contribution in [-0.2, 0) is 11.2 Å². The van der Waals surface area contributed by atoms with Crippen LogP contribution in [0.1, 0.15) is 5.56 Å². The Morgan fingerprint density at radius 2 is 2.04 bits per heavy atom. The smallest absolute Gasteiger partial charge is 0.230 e. The number of H-pyrrole nitrogens is 1. The van der Waals surface area contributed by atoms with E-state index in [1.807, 2.05) is 54.7 Å². The number of hydrogen-bond donors (Lipinski definition) is 2. The van der Waals surface area contributed by atoms with Gasteiger partial charge in [0.05, 0.1) is 13.3 Å². The molecule has 4 rings (SSSR count). The first kappa shape index (κ1) is 18.3. The highest BCUT2D eigenvalue weighted by Crippen LogP contribution is 2.33. The van der Waals surface area contributed by atoms with Crippen molar-refractivity contribution in [3.8, 4) is 16.9 Å². The summed E-state index contributed by atoms with van der Waals surface area (Å²) in [5.41, 5.74) is 3.93. The van der Waals surface area contributed by atoms with E-state index in [-0.39, 0.29) is 24.3 Å². The first-order valence-electron chi connectivity index (χ1n) is 9.34. The fourth-order valence-corrected chi connectivity index (χ4v) is 3.82. The lowest BCUT2D eigenvalue weighted by atomic mass is 9.89. The lowest BCUT2D eigenvalue weighted by molar-refractivity contribution is -0.121. The molecule has 6 heteroatoms. The number of hydrogen-bond acceptors (Lipinski definition) is 4. The van der Waals surface area contributed by atoms with E-state index in [9.17, 15) is 9.90 Å². The van der Waals surface area contributed by atoms with Crippen molar-refractivity contribution in [2.75, 3.05) is 25.2 Å². The van der Waals surface area contributed by atoms with Crippen LogP contribution in [0.4, 0.5) is 5.69 Å². The Labute approximate surface area is 163 Å². The highest BCUT2D eigenvalue weighted by molar-refractivity contribution is 5.98. The van der Waals surface area contributed by atoms with E-state index in [0.29, 0.717) is 13.0 Å². The monoisotopic (exact) mass is 377 g/mol. The minimum absolute atomic E-state index is 0.00994. The summed E-state index contributed by atoms with van der Waals surface area (Å²) in [5, 5.41) is 16.6. The quantitative estimate of drug-likeness (QED) is 0.692. The number of carbonyl (C=O) groups excluding carboxylic acids is 1. The molecule has 0 spiro atoms. The third-order valence-electron chi connectivity index (χ3n) is 5.40. The standard InChI is InChI=1S/C22H23N3O3/c1-28-20-4-2-3-15(9-20)10-21-18(14-26)13-25(22(21)27)19-7-5-16(6-8-19)17-11-23-24-12-17/h2-9,11-12,18,21,26H,10,13-14H2,1H3,(H,23,24)/t18-,21?/m0/s1. The highest BCUT2D eigenvalue weighted by Gasteiger charge is 2.40. The zero-order valence-corrected chi connectivity index (χ0v) is 15.7. The number of carbonyl (C=O) groups is 1. The van der Waals surface area contributed by atoms with Gasteiger partial charge in [-0.3, -0.25) is 9.89 Å². The summed E-state index contributed by atoms with van der Waals surface area (Å²) in [5.74, 6) is 0.492. The van der Waals surface area contributed by atoms with Crippen LogP contribution in [0.2, 0.25) is 0 Å². The van der Waals surface area contributed by atoms with Gasteiger partial charge in [-0.05, 0) is 41.8 Å². The number of methoxy groups -OCH3 is 1. The Bertz CT molecular complexity index is 938. The number of aliphatic hydroxyl groups is 1. The fourth-order valence-electron chi connectivity index (χ4n) is 3.82. The molecule has 0 aliphatic carbocycles. The summed E-state index contributed by atoms with van der Waals surface area (Å²) in [6, 6.07) is 15.6. The van der Waals surface area contributed by atoms with Gasteiger partial charge in [0.25, 0.3) is 0 Å². The predicted molar refractivity (Wildman–Crippen MR) is 107 cm³/mol. The van der Waals surface area contributed by atoms with E-state index in [0.717, 1.165) is 28.1 Å². The van der Waals surface area contributed by atoms with E-state index in [4.69, 9.17) is 4.74 Å². The van der Waals surface area contributed by atoms with Gasteiger partial charge in [-0.2, -0.15) is 5.10 Å². The normalized spacial score (nSPS) is 19.2. The number of aromatic nitrogens is 2. The topological polar surface area (TPSA) is 78.5 Å². The predicted octanol–water partition coefficient (Wildman–Crippen LogP) is 2.90. The van der Waals surface area contributed by atoms with Crippen molar-refractivity contribution in [1.82, 2.24) is 10.2 Å². The molecule has 1 aliphatic heterocycles. The molecule has 2 N–H and O–H groups in total. The first-order valence-corrected chi connectivity index (χ1v) is 9.34. The van der Waals surface area contributed by atoms with Gasteiger partial charge in [-0.1, -0.05) is 24.3 Å². The minimum Gasteiger partial charge on any atom is -0.497 e. The molecule has 1 aromatic heterocycles. The third-order valence-corrected chi connectivity index (χ3v) is 5.40. The second-order valence-corrected chi connectivity index (χ2v) is 7.09. The number of aromatic amines is 1. The van der Waals surface area contributed by atoms with Gasteiger partial charge in [-0.15, -0.1) is 0 Å². The van der Waals surface area contributed by atoms with Crippen molar-refractivity contribution in [3.05, 3.63) is 66.5 Å². The minimum atomic E-state index is -0.245. The van der Waals surface area contributed by atoms with E-state index >= 15 is 0 Å². The van der Waals surface area contributed by atoms with Gasteiger partial charge < -0.3 is 14.7 Å². The van der Waals surface area contributed by atoms with Gasteiger partial charge in [0.15, 0.2) is 0 Å². The lowest BCUT2D eigenvalue weighted by Crippen LogP contribution is -2.27. The Morgan fingerprint density at radius 1 is 1.21 bits per heavy atom. The fraction of sp³-hybridized carbons (Fsp3) is 0.273. The van der Waals surface area contributed by atoms with Crippen molar-refractivity contribution in [2.45, 2.75) is 6.42 Å². The van der Waals surface area contributed by atoms with Gasteiger partial charge in [0.2, 0.25) is 5.91 Å². The third kappa shape index (κ3) is 3.51. The summed E-state index contributed by atoms with van der Waals surface area (Å²) in [7, 11) is 1.63. The molecule has 28 heavy (non-hydrogen) atoms. The van der Waals surface area contributed by atoms with Crippen molar-refractivity contribution < 1.29 is 14.6 Å². The van der Waals surface area contributed by atoms with Crippen LogP contribution in [-0.4, -0.2) is 41.5 Å². The maximum absolute atomic E-state index is 13.1. The van der Waals surface area contributed by atoms with Crippen LogP contribution >= 0.6 is 0 Å². The summed E-state index contributed by atoms with van der Waals surface area (Å²) in [4.78, 5) is 14.9. The largest absolute Gasteiger partial charge is 0.497 e. The zero-order valence-electron chi connectivity index (χ0n) is 15.7. The number of benzene rings is 2. The molecule has 1 amide bonds. The molecule has 1 aliphatic rings. The van der Waals surface area contributed by atoms with E-state index in [1.54, 1.807) is 18.2 Å². The number of nitrogens with one attached hydrogen (secondary N) is 1. The van der Waals surface area contributed by atoms with Crippen molar-refractivity contribution >= 4 is 11.6 Å². The van der Waals surface area contributed by atoms with Crippen molar-refractivity contribution in [2.24, 2.45) is 11.8 Å². The van der Waals surface area contributed by atoms with Gasteiger partial charge in [0.1, 0.15) is 5.75 Å². The van der Waals surface area contributed by atoms with Crippen molar-refractivity contribution in [3.63, 3.8) is 0 Å². The number of amides is 1. The molecular formula is C22H23N3O3. The van der Waals surface area contributed by atoms with Crippen LogP contribution in [0.3, 0.4) is 0 Å².